The van der Waals surface area contributed by atoms with Gasteiger partial charge in [0.15, 0.2) is 0 Å². The number of benzene rings is 2. The van der Waals surface area contributed by atoms with Crippen molar-refractivity contribution in [2.45, 2.75) is 19.4 Å². The molecule has 0 atom stereocenters. The molecule has 3 aromatic rings. The van der Waals surface area contributed by atoms with Gasteiger partial charge in [-0.2, -0.15) is 0 Å². The first-order valence-corrected chi connectivity index (χ1v) is 7.00. The molecule has 1 heterocycles. The zero-order chi connectivity index (χ0) is 14.5. The summed E-state index contributed by atoms with van der Waals surface area (Å²) in [6.45, 7) is 0.743. The minimum absolute atomic E-state index is 0.299. The van der Waals surface area contributed by atoms with Crippen LogP contribution in [0.25, 0.3) is 0 Å². The van der Waals surface area contributed by atoms with Gasteiger partial charge in [-0.3, -0.25) is 0 Å². The molecule has 3 rings (SSSR count). The van der Waals surface area contributed by atoms with Gasteiger partial charge in [-0.05, 0) is 36.1 Å². The summed E-state index contributed by atoms with van der Waals surface area (Å²) in [7, 11) is 0. The molecule has 0 fully saturated rings. The third-order valence-electron chi connectivity index (χ3n) is 3.38. The second-order valence-electron chi connectivity index (χ2n) is 5.06. The van der Waals surface area contributed by atoms with E-state index in [4.69, 9.17) is 0 Å². The third kappa shape index (κ3) is 3.69. The highest BCUT2D eigenvalue weighted by molar-refractivity contribution is 5.26. The molecular weight excluding hydrogens is 262 g/mol. The van der Waals surface area contributed by atoms with Gasteiger partial charge in [0.25, 0.3) is 0 Å². The number of aryl methyl sites for hydroxylation is 2. The Morgan fingerprint density at radius 3 is 2.38 bits per heavy atom. The Bertz CT molecular complexity index is 690. The molecular formula is C17H17N3O. The van der Waals surface area contributed by atoms with E-state index in [2.05, 4.69) is 22.4 Å². The van der Waals surface area contributed by atoms with E-state index in [1.54, 1.807) is 12.1 Å². The van der Waals surface area contributed by atoms with E-state index < -0.39 is 0 Å². The summed E-state index contributed by atoms with van der Waals surface area (Å²) in [5.74, 6) is 0.299. The van der Waals surface area contributed by atoms with Crippen LogP contribution in [0.1, 0.15) is 16.8 Å². The topological polar surface area (TPSA) is 50.9 Å². The fourth-order valence-electron chi connectivity index (χ4n) is 2.24. The van der Waals surface area contributed by atoms with Crippen LogP contribution in [-0.4, -0.2) is 20.1 Å². The lowest BCUT2D eigenvalue weighted by molar-refractivity contribution is 0.475. The van der Waals surface area contributed by atoms with Crippen LogP contribution >= 0.6 is 0 Å². The van der Waals surface area contributed by atoms with Gasteiger partial charge in [-0.15, -0.1) is 5.10 Å². The highest BCUT2D eigenvalue weighted by Gasteiger charge is 2.02. The molecule has 0 bridgehead atoms. The summed E-state index contributed by atoms with van der Waals surface area (Å²) < 4.78 is 1.86. The SMILES string of the molecule is Oc1ccc(CCc2cn(Cc3ccccc3)nn2)cc1. The Labute approximate surface area is 123 Å². The average molecular weight is 279 g/mol. The van der Waals surface area contributed by atoms with Gasteiger partial charge in [0.05, 0.1) is 12.2 Å². The van der Waals surface area contributed by atoms with Crippen LogP contribution in [0, 0.1) is 0 Å². The van der Waals surface area contributed by atoms with Gasteiger partial charge in [0.2, 0.25) is 0 Å². The van der Waals surface area contributed by atoms with E-state index in [0.717, 1.165) is 25.1 Å². The Hall–Kier alpha value is -2.62. The fourth-order valence-corrected chi connectivity index (χ4v) is 2.24. The molecule has 0 spiro atoms. The van der Waals surface area contributed by atoms with Gasteiger partial charge in [0, 0.05) is 6.20 Å². The average Bonchev–Trinajstić information content (AvgIpc) is 2.95. The second kappa shape index (κ2) is 6.22. The standard InChI is InChI=1S/C17H17N3O/c21-17-10-7-14(8-11-17)6-9-16-13-20(19-18-16)12-15-4-2-1-3-5-15/h1-5,7-8,10-11,13,21H,6,9,12H2. The number of phenols is 1. The molecule has 2 aromatic carbocycles. The van der Waals surface area contributed by atoms with Crippen molar-refractivity contribution >= 4 is 0 Å². The summed E-state index contributed by atoms with van der Waals surface area (Å²) in [5, 5.41) is 17.6. The molecule has 4 nitrogen and oxygen atoms in total. The number of aromatic hydroxyl groups is 1. The minimum atomic E-state index is 0.299. The van der Waals surface area contributed by atoms with Crippen LogP contribution in [0.4, 0.5) is 0 Å². The predicted molar refractivity (Wildman–Crippen MR) is 81.1 cm³/mol. The second-order valence-corrected chi connectivity index (χ2v) is 5.06. The van der Waals surface area contributed by atoms with Gasteiger partial charge < -0.3 is 5.11 Å². The summed E-state index contributed by atoms with van der Waals surface area (Å²) >= 11 is 0. The molecule has 0 radical (unpaired) electrons. The summed E-state index contributed by atoms with van der Waals surface area (Å²) in [4.78, 5) is 0. The predicted octanol–water partition coefficient (Wildman–Crippen LogP) is 2.82. The van der Waals surface area contributed by atoms with Crippen LogP contribution in [0.15, 0.2) is 60.8 Å². The van der Waals surface area contributed by atoms with Crippen LogP contribution < -0.4 is 0 Å². The largest absolute Gasteiger partial charge is 0.508 e. The van der Waals surface area contributed by atoms with E-state index in [1.807, 2.05) is 41.2 Å². The minimum Gasteiger partial charge on any atom is -0.508 e. The number of nitrogens with zero attached hydrogens (tertiary/aromatic N) is 3. The summed E-state index contributed by atoms with van der Waals surface area (Å²) in [6, 6.07) is 17.5. The molecule has 0 saturated heterocycles. The van der Waals surface area contributed by atoms with Crippen molar-refractivity contribution in [2.75, 3.05) is 0 Å². The maximum absolute atomic E-state index is 9.26. The van der Waals surface area contributed by atoms with Crippen molar-refractivity contribution in [1.29, 1.82) is 0 Å². The van der Waals surface area contributed by atoms with E-state index in [-0.39, 0.29) is 0 Å². The first kappa shape index (κ1) is 13.4. The van der Waals surface area contributed by atoms with E-state index in [9.17, 15) is 5.11 Å². The van der Waals surface area contributed by atoms with E-state index in [1.165, 1.54) is 11.1 Å². The molecule has 0 aliphatic rings. The van der Waals surface area contributed by atoms with Crippen molar-refractivity contribution < 1.29 is 5.11 Å². The number of hydrogen-bond acceptors (Lipinski definition) is 3. The Kier molecular flexibility index (Phi) is 3.96. The molecule has 1 aromatic heterocycles. The lowest BCUT2D eigenvalue weighted by Gasteiger charge is -2.00. The van der Waals surface area contributed by atoms with E-state index >= 15 is 0 Å². The smallest absolute Gasteiger partial charge is 0.115 e. The van der Waals surface area contributed by atoms with Gasteiger partial charge in [-0.25, -0.2) is 4.68 Å². The first-order chi connectivity index (χ1) is 10.3. The Morgan fingerprint density at radius 2 is 1.62 bits per heavy atom. The summed E-state index contributed by atoms with van der Waals surface area (Å²) in [6.07, 6.45) is 3.73. The van der Waals surface area contributed by atoms with Crippen molar-refractivity contribution in [2.24, 2.45) is 0 Å². The molecule has 0 saturated carbocycles. The van der Waals surface area contributed by atoms with Crippen LogP contribution in [0.5, 0.6) is 5.75 Å². The van der Waals surface area contributed by atoms with Crippen molar-refractivity contribution in [3.05, 3.63) is 77.6 Å². The van der Waals surface area contributed by atoms with Crippen LogP contribution in [-0.2, 0) is 19.4 Å². The zero-order valence-corrected chi connectivity index (χ0v) is 11.7. The molecule has 0 aliphatic heterocycles. The van der Waals surface area contributed by atoms with E-state index in [0.29, 0.717) is 5.75 Å². The molecule has 1 N–H and O–H groups in total. The maximum Gasteiger partial charge on any atom is 0.115 e. The van der Waals surface area contributed by atoms with Crippen molar-refractivity contribution in [3.8, 4) is 5.75 Å². The monoisotopic (exact) mass is 279 g/mol. The van der Waals surface area contributed by atoms with Crippen LogP contribution in [0.2, 0.25) is 0 Å². The quantitative estimate of drug-likeness (QED) is 0.781. The van der Waals surface area contributed by atoms with Crippen LogP contribution in [0.3, 0.4) is 0 Å². The normalized spacial score (nSPS) is 10.7. The molecule has 106 valence electrons. The summed E-state index contributed by atoms with van der Waals surface area (Å²) in [5.41, 5.74) is 3.39. The molecule has 0 amide bonds. The highest BCUT2D eigenvalue weighted by atomic mass is 16.3. The lowest BCUT2D eigenvalue weighted by Crippen LogP contribution is -1.99. The zero-order valence-electron chi connectivity index (χ0n) is 11.7. The fraction of sp³-hybridized carbons (Fsp3) is 0.176. The third-order valence-corrected chi connectivity index (χ3v) is 3.38. The molecule has 0 aliphatic carbocycles. The van der Waals surface area contributed by atoms with Gasteiger partial charge >= 0.3 is 0 Å². The van der Waals surface area contributed by atoms with Crippen molar-refractivity contribution in [3.63, 3.8) is 0 Å². The molecule has 0 unspecified atom stereocenters. The number of aromatic nitrogens is 3. The van der Waals surface area contributed by atoms with Crippen molar-refractivity contribution in [1.82, 2.24) is 15.0 Å². The van der Waals surface area contributed by atoms with Gasteiger partial charge in [-0.1, -0.05) is 47.7 Å². The number of hydrogen-bond donors (Lipinski definition) is 1. The molecule has 4 heteroatoms. The first-order valence-electron chi connectivity index (χ1n) is 7.00. The highest BCUT2D eigenvalue weighted by Crippen LogP contribution is 2.11. The maximum atomic E-state index is 9.26. The van der Waals surface area contributed by atoms with Gasteiger partial charge in [0.1, 0.15) is 5.75 Å². The number of phenolic OH excluding ortho intramolecular Hbond substituents is 1. The number of rotatable bonds is 5. The Balaban J connectivity index is 1.59. The lowest BCUT2D eigenvalue weighted by atomic mass is 10.1. The Morgan fingerprint density at radius 1 is 0.857 bits per heavy atom. The molecule has 21 heavy (non-hydrogen) atoms.